The molecule has 0 spiro atoms. The average molecular weight is 464 g/mol. The topological polar surface area (TPSA) is 90.7 Å². The third kappa shape index (κ3) is 2.59. The van der Waals surface area contributed by atoms with Gasteiger partial charge in [-0.25, -0.2) is 4.79 Å². The smallest absolute Gasteiger partial charge is 0.347 e. The van der Waals surface area contributed by atoms with Crippen molar-refractivity contribution in [1.29, 1.82) is 0 Å². The quantitative estimate of drug-likeness (QED) is 0.136. The van der Waals surface area contributed by atoms with Gasteiger partial charge in [0.05, 0.1) is 5.41 Å². The van der Waals surface area contributed by atoms with E-state index >= 15 is 0 Å². The van der Waals surface area contributed by atoms with E-state index < -0.39 is 34.1 Å². The van der Waals surface area contributed by atoms with Crippen molar-refractivity contribution >= 4 is 28.5 Å². The molecular formula is C29H20O6. The van der Waals surface area contributed by atoms with Crippen LogP contribution < -0.4 is 10.4 Å². The second-order valence-electron chi connectivity index (χ2n) is 9.00. The number of benzene rings is 3. The van der Waals surface area contributed by atoms with E-state index in [4.69, 9.17) is 9.15 Å². The average Bonchev–Trinajstić information content (AvgIpc) is 3.54. The number of rotatable bonds is 5. The molecular weight excluding hydrogens is 444 g/mol. The highest BCUT2D eigenvalue weighted by atomic mass is 16.5. The minimum atomic E-state index is -1.86. The normalized spacial score (nSPS) is 24.3. The molecule has 35 heavy (non-hydrogen) atoms. The molecule has 1 aliphatic heterocycles. The first-order valence-corrected chi connectivity index (χ1v) is 11.5. The van der Waals surface area contributed by atoms with Crippen LogP contribution >= 0.6 is 0 Å². The summed E-state index contributed by atoms with van der Waals surface area (Å²) in [4.78, 5) is 54.9. The highest BCUT2D eigenvalue weighted by Gasteiger charge is 2.89. The molecule has 3 unspecified atom stereocenters. The lowest BCUT2D eigenvalue weighted by atomic mass is 9.79. The second kappa shape index (κ2) is 7.34. The van der Waals surface area contributed by atoms with Gasteiger partial charge in [0.25, 0.3) is 0 Å². The molecule has 1 saturated carbocycles. The van der Waals surface area contributed by atoms with Crippen molar-refractivity contribution in [3.05, 3.63) is 112 Å². The monoisotopic (exact) mass is 464 g/mol. The van der Waals surface area contributed by atoms with Crippen LogP contribution in [0.2, 0.25) is 0 Å². The number of hydrogen-bond acceptors (Lipinski definition) is 6. The molecule has 2 aliphatic rings. The Kier molecular flexibility index (Phi) is 4.45. The van der Waals surface area contributed by atoms with E-state index in [9.17, 15) is 19.2 Å². The Bertz CT molecular complexity index is 1600. The summed E-state index contributed by atoms with van der Waals surface area (Å²) in [5.41, 5.74) is -3.03. The van der Waals surface area contributed by atoms with Gasteiger partial charge in [0.15, 0.2) is 17.0 Å². The molecule has 4 aromatic rings. The molecule has 6 rings (SSSR count). The van der Waals surface area contributed by atoms with Crippen molar-refractivity contribution in [2.45, 2.75) is 19.3 Å². The summed E-state index contributed by atoms with van der Waals surface area (Å²) < 4.78 is 11.1. The fraction of sp³-hybridized carbons (Fsp3) is 0.172. The molecule has 6 nitrogen and oxygen atoms in total. The van der Waals surface area contributed by atoms with Gasteiger partial charge in [-0.15, -0.1) is 0 Å². The van der Waals surface area contributed by atoms with E-state index in [1.807, 2.05) is 0 Å². The first-order chi connectivity index (χ1) is 17.0. The van der Waals surface area contributed by atoms with Gasteiger partial charge in [-0.05, 0) is 24.6 Å². The summed E-state index contributed by atoms with van der Waals surface area (Å²) >= 11 is 0. The predicted octanol–water partition coefficient (Wildman–Crippen LogP) is 4.96. The number of ketones is 2. The number of para-hydroxylation sites is 2. The Labute approximate surface area is 200 Å². The van der Waals surface area contributed by atoms with Crippen molar-refractivity contribution in [2.24, 2.45) is 10.8 Å². The van der Waals surface area contributed by atoms with Gasteiger partial charge in [-0.1, -0.05) is 73.7 Å². The molecule has 0 bridgehead atoms. The molecule has 3 atom stereocenters. The summed E-state index contributed by atoms with van der Waals surface area (Å²) in [6.07, 6.45) is 0.208. The van der Waals surface area contributed by atoms with Crippen molar-refractivity contribution in [1.82, 2.24) is 0 Å². The maximum absolute atomic E-state index is 14.2. The molecule has 3 aromatic carbocycles. The Morgan fingerprint density at radius 2 is 1.54 bits per heavy atom. The van der Waals surface area contributed by atoms with Crippen molar-refractivity contribution < 1.29 is 23.5 Å². The van der Waals surface area contributed by atoms with Crippen LogP contribution in [-0.4, -0.2) is 17.5 Å². The molecule has 6 heteroatoms. The Morgan fingerprint density at radius 3 is 2.31 bits per heavy atom. The van der Waals surface area contributed by atoms with E-state index in [1.54, 1.807) is 85.8 Å². The SMILES string of the molecule is CCC1(C(=O)c2ccccc2)C2c3ccccc3OC(=O)C21C(=O)c1cc2ccccc2oc1=O. The Hall–Kier alpha value is -4.32. The van der Waals surface area contributed by atoms with Crippen LogP contribution in [0.15, 0.2) is 94.1 Å². The number of ether oxygens (including phenoxy) is 1. The van der Waals surface area contributed by atoms with Gasteiger partial charge in [0.2, 0.25) is 0 Å². The molecule has 0 radical (unpaired) electrons. The highest BCUT2D eigenvalue weighted by Crippen LogP contribution is 2.80. The minimum absolute atomic E-state index is 0.208. The van der Waals surface area contributed by atoms with E-state index in [0.29, 0.717) is 27.8 Å². The van der Waals surface area contributed by atoms with E-state index in [0.717, 1.165) is 0 Å². The molecule has 1 aromatic heterocycles. The fourth-order valence-corrected chi connectivity index (χ4v) is 5.99. The largest absolute Gasteiger partial charge is 0.425 e. The number of fused-ring (bicyclic) bond motifs is 4. The Morgan fingerprint density at radius 1 is 0.857 bits per heavy atom. The zero-order valence-electron chi connectivity index (χ0n) is 18.8. The van der Waals surface area contributed by atoms with E-state index in [2.05, 4.69) is 0 Å². The summed E-state index contributed by atoms with van der Waals surface area (Å²) in [6.45, 7) is 1.78. The molecule has 1 aliphatic carbocycles. The van der Waals surface area contributed by atoms with Crippen LogP contribution in [0.3, 0.4) is 0 Å². The van der Waals surface area contributed by atoms with Crippen LogP contribution in [0.5, 0.6) is 5.75 Å². The molecule has 1 fully saturated rings. The van der Waals surface area contributed by atoms with Crippen LogP contribution in [-0.2, 0) is 4.79 Å². The first kappa shape index (κ1) is 21.2. The van der Waals surface area contributed by atoms with Gasteiger partial charge in [-0.2, -0.15) is 0 Å². The minimum Gasteiger partial charge on any atom is -0.425 e. The first-order valence-electron chi connectivity index (χ1n) is 11.5. The standard InChI is InChI=1S/C29H20O6/c1-2-28(24(30)17-10-4-3-5-11-17)23-19-13-7-9-15-22(19)35-27(33)29(23,28)25(31)20-16-18-12-6-8-14-21(18)34-26(20)32/h3-16,23H,2H2,1H3. The molecule has 2 heterocycles. The summed E-state index contributed by atoms with van der Waals surface area (Å²) in [5.74, 6) is -2.31. The van der Waals surface area contributed by atoms with Gasteiger partial charge in [0.1, 0.15) is 16.9 Å². The van der Waals surface area contributed by atoms with Crippen molar-refractivity contribution in [3.63, 3.8) is 0 Å². The van der Waals surface area contributed by atoms with Gasteiger partial charge in [0, 0.05) is 22.4 Å². The number of esters is 1. The van der Waals surface area contributed by atoms with Crippen molar-refractivity contribution in [2.75, 3.05) is 0 Å². The lowest BCUT2D eigenvalue weighted by Gasteiger charge is -2.23. The number of carbonyl (C=O) groups excluding carboxylic acids is 3. The van der Waals surface area contributed by atoms with E-state index in [-0.39, 0.29) is 17.8 Å². The molecule has 0 amide bonds. The third-order valence-corrected chi connectivity index (χ3v) is 7.54. The van der Waals surface area contributed by atoms with Crippen LogP contribution in [0.1, 0.15) is 45.5 Å². The van der Waals surface area contributed by atoms with Gasteiger partial charge in [-0.3, -0.25) is 14.4 Å². The van der Waals surface area contributed by atoms with Crippen LogP contribution in [0.4, 0.5) is 0 Å². The molecule has 172 valence electrons. The summed E-state index contributed by atoms with van der Waals surface area (Å²) in [5, 5.41) is 0.546. The van der Waals surface area contributed by atoms with Crippen LogP contribution in [0, 0.1) is 10.8 Å². The lowest BCUT2D eigenvalue weighted by Crippen LogP contribution is -2.41. The van der Waals surface area contributed by atoms with Gasteiger partial charge >= 0.3 is 11.6 Å². The Balaban J connectivity index is 1.61. The van der Waals surface area contributed by atoms with Crippen LogP contribution in [0.25, 0.3) is 11.0 Å². The summed E-state index contributed by atoms with van der Waals surface area (Å²) in [6, 6.07) is 23.8. The fourth-order valence-electron chi connectivity index (χ4n) is 5.99. The maximum Gasteiger partial charge on any atom is 0.347 e. The van der Waals surface area contributed by atoms with E-state index in [1.165, 1.54) is 6.07 Å². The molecule has 0 saturated heterocycles. The van der Waals surface area contributed by atoms with Gasteiger partial charge < -0.3 is 9.15 Å². The number of hydrogen-bond donors (Lipinski definition) is 0. The maximum atomic E-state index is 14.2. The number of Topliss-reactive ketones (excluding diaryl/α,β-unsaturated/α-hetero) is 2. The summed E-state index contributed by atoms with van der Waals surface area (Å²) in [7, 11) is 0. The predicted molar refractivity (Wildman–Crippen MR) is 128 cm³/mol. The zero-order chi connectivity index (χ0) is 24.4. The third-order valence-electron chi connectivity index (χ3n) is 7.54. The molecule has 0 N–H and O–H groups in total. The second-order valence-corrected chi connectivity index (χ2v) is 9.00. The number of carbonyl (C=O) groups is 3. The zero-order valence-corrected chi connectivity index (χ0v) is 18.8. The lowest BCUT2D eigenvalue weighted by molar-refractivity contribution is -0.140. The van der Waals surface area contributed by atoms with Crippen molar-refractivity contribution in [3.8, 4) is 5.75 Å². The highest BCUT2D eigenvalue weighted by molar-refractivity contribution is 6.26.